The predicted molar refractivity (Wildman–Crippen MR) is 45.3 cm³/mol. The first-order valence-electron chi connectivity index (χ1n) is 3.78. The smallest absolute Gasteiger partial charge is 0.310 e. The molecule has 0 aliphatic carbocycles. The van der Waals surface area contributed by atoms with Gasteiger partial charge in [0, 0.05) is 0 Å². The lowest BCUT2D eigenvalue weighted by Crippen LogP contribution is -2.23. The lowest BCUT2D eigenvalue weighted by atomic mass is 10.2. The van der Waals surface area contributed by atoms with Crippen LogP contribution in [0.4, 0.5) is 0 Å². The van der Waals surface area contributed by atoms with Gasteiger partial charge < -0.3 is 4.74 Å². The average Bonchev–Trinajstić information content (AvgIpc) is 1.79. The third-order valence-electron chi connectivity index (χ3n) is 0.940. The molecule has 0 aromatic rings. The predicted octanol–water partition coefficient (Wildman–Crippen LogP) is 2.29. The minimum absolute atomic E-state index is 0.171. The van der Waals surface area contributed by atoms with Crippen LogP contribution in [-0.4, -0.2) is 11.6 Å². The maximum absolute atomic E-state index is 10.9. The maximum Gasteiger partial charge on any atom is 0.310 e. The van der Waals surface area contributed by atoms with E-state index < -0.39 is 0 Å². The van der Waals surface area contributed by atoms with Crippen LogP contribution >= 0.6 is 0 Å². The van der Waals surface area contributed by atoms with Crippen LogP contribution in [0.5, 0.6) is 0 Å². The topological polar surface area (TPSA) is 26.3 Å². The summed E-state index contributed by atoms with van der Waals surface area (Å²) in [6, 6.07) is 0. The molecule has 0 amide bonds. The zero-order valence-electron chi connectivity index (χ0n) is 7.68. The fraction of sp³-hybridized carbons (Fsp3) is 0.667. The van der Waals surface area contributed by atoms with Crippen molar-refractivity contribution in [3.8, 4) is 0 Å². The van der Waals surface area contributed by atoms with Crippen molar-refractivity contribution in [2.24, 2.45) is 0 Å². The molecular weight excluding hydrogens is 140 g/mol. The number of allylic oxidation sites excluding steroid dienone is 1. The lowest BCUT2D eigenvalue weighted by Gasteiger charge is -2.18. The van der Waals surface area contributed by atoms with Gasteiger partial charge in [-0.25, -0.2) is 0 Å². The van der Waals surface area contributed by atoms with Gasteiger partial charge in [-0.05, 0) is 27.7 Å². The number of rotatable bonds is 2. The molecule has 0 bridgehead atoms. The first kappa shape index (κ1) is 10.2. The van der Waals surface area contributed by atoms with Crippen molar-refractivity contribution in [3.05, 3.63) is 12.2 Å². The molecule has 0 saturated heterocycles. The molecule has 0 heterocycles. The lowest BCUT2D eigenvalue weighted by molar-refractivity contribution is -0.153. The van der Waals surface area contributed by atoms with Crippen molar-refractivity contribution in [1.82, 2.24) is 0 Å². The number of carbonyl (C=O) groups excluding carboxylic acids is 1. The van der Waals surface area contributed by atoms with Crippen LogP contribution in [0.25, 0.3) is 0 Å². The van der Waals surface area contributed by atoms with E-state index >= 15 is 0 Å². The Labute approximate surface area is 68.2 Å². The van der Waals surface area contributed by atoms with Crippen molar-refractivity contribution < 1.29 is 9.53 Å². The van der Waals surface area contributed by atoms with Crippen LogP contribution in [0.3, 0.4) is 0 Å². The highest BCUT2D eigenvalue weighted by Crippen LogP contribution is 2.07. The maximum atomic E-state index is 10.9. The second-order valence-corrected chi connectivity index (χ2v) is 3.36. The van der Waals surface area contributed by atoms with Gasteiger partial charge in [0.2, 0.25) is 0 Å². The molecule has 0 saturated carbocycles. The standard InChI is InChI=1S/C9H16O2/c1-5-6-7-8(10)11-9(2,3)4/h5-6H,7H2,1-4H3/b6-5-. The normalized spacial score (nSPS) is 12.0. The second kappa shape index (κ2) is 4.16. The molecule has 0 radical (unpaired) electrons. The molecule has 0 spiro atoms. The number of carbonyl (C=O) groups is 1. The van der Waals surface area contributed by atoms with Crippen LogP contribution < -0.4 is 0 Å². The van der Waals surface area contributed by atoms with Gasteiger partial charge in [0.25, 0.3) is 0 Å². The van der Waals surface area contributed by atoms with Crippen molar-refractivity contribution in [2.75, 3.05) is 0 Å². The summed E-state index contributed by atoms with van der Waals surface area (Å²) in [5, 5.41) is 0. The minimum Gasteiger partial charge on any atom is -0.460 e. The number of hydrogen-bond acceptors (Lipinski definition) is 2. The Bertz CT molecular complexity index is 151. The third-order valence-corrected chi connectivity index (χ3v) is 0.940. The highest BCUT2D eigenvalue weighted by atomic mass is 16.6. The van der Waals surface area contributed by atoms with E-state index in [-0.39, 0.29) is 11.6 Å². The summed E-state index contributed by atoms with van der Waals surface area (Å²) in [6.07, 6.45) is 3.99. The van der Waals surface area contributed by atoms with E-state index in [0.29, 0.717) is 6.42 Å². The van der Waals surface area contributed by atoms with Crippen LogP contribution in [0.2, 0.25) is 0 Å². The van der Waals surface area contributed by atoms with Crippen molar-refractivity contribution >= 4 is 5.97 Å². The summed E-state index contributed by atoms with van der Waals surface area (Å²) < 4.78 is 5.05. The number of hydrogen-bond donors (Lipinski definition) is 0. The Kier molecular flexibility index (Phi) is 3.86. The molecule has 0 aromatic carbocycles. The summed E-state index contributed by atoms with van der Waals surface area (Å²) in [5.41, 5.74) is -0.362. The fourth-order valence-corrected chi connectivity index (χ4v) is 0.597. The molecule has 64 valence electrons. The van der Waals surface area contributed by atoms with Crippen LogP contribution in [-0.2, 0) is 9.53 Å². The van der Waals surface area contributed by atoms with Gasteiger partial charge >= 0.3 is 5.97 Å². The molecule has 0 aromatic heterocycles. The van der Waals surface area contributed by atoms with E-state index in [1.807, 2.05) is 33.8 Å². The Balaban J connectivity index is 3.70. The summed E-state index contributed by atoms with van der Waals surface area (Å²) in [5.74, 6) is -0.171. The van der Waals surface area contributed by atoms with Gasteiger partial charge in [-0.15, -0.1) is 0 Å². The zero-order chi connectivity index (χ0) is 8.91. The van der Waals surface area contributed by atoms with Gasteiger partial charge in [0.05, 0.1) is 6.42 Å². The Morgan fingerprint density at radius 1 is 1.45 bits per heavy atom. The Morgan fingerprint density at radius 2 is 2.00 bits per heavy atom. The van der Waals surface area contributed by atoms with Crippen molar-refractivity contribution in [1.29, 1.82) is 0 Å². The first-order valence-corrected chi connectivity index (χ1v) is 3.78. The molecule has 0 fully saturated rings. The quantitative estimate of drug-likeness (QED) is 0.453. The van der Waals surface area contributed by atoms with Crippen LogP contribution in [0.15, 0.2) is 12.2 Å². The van der Waals surface area contributed by atoms with E-state index in [9.17, 15) is 4.79 Å². The van der Waals surface area contributed by atoms with Crippen molar-refractivity contribution in [2.45, 2.75) is 39.7 Å². The summed E-state index contributed by atoms with van der Waals surface area (Å²) in [6.45, 7) is 7.46. The SMILES string of the molecule is C/C=C\CC(=O)OC(C)(C)C. The summed E-state index contributed by atoms with van der Waals surface area (Å²) >= 11 is 0. The molecule has 0 N–H and O–H groups in total. The Hall–Kier alpha value is -0.790. The van der Waals surface area contributed by atoms with Gasteiger partial charge in [0.15, 0.2) is 0 Å². The molecule has 2 heteroatoms. The van der Waals surface area contributed by atoms with Crippen molar-refractivity contribution in [3.63, 3.8) is 0 Å². The minimum atomic E-state index is -0.362. The third kappa shape index (κ3) is 7.10. The summed E-state index contributed by atoms with van der Waals surface area (Å²) in [4.78, 5) is 10.9. The van der Waals surface area contributed by atoms with Gasteiger partial charge in [-0.3, -0.25) is 4.79 Å². The fourth-order valence-electron chi connectivity index (χ4n) is 0.597. The highest BCUT2D eigenvalue weighted by Gasteiger charge is 2.14. The van der Waals surface area contributed by atoms with E-state index in [1.54, 1.807) is 6.08 Å². The van der Waals surface area contributed by atoms with Gasteiger partial charge in [-0.1, -0.05) is 12.2 Å². The van der Waals surface area contributed by atoms with Crippen LogP contribution in [0, 0.1) is 0 Å². The van der Waals surface area contributed by atoms with Gasteiger partial charge in [0.1, 0.15) is 5.60 Å². The van der Waals surface area contributed by atoms with Crippen LogP contribution in [0.1, 0.15) is 34.1 Å². The van der Waals surface area contributed by atoms with E-state index in [0.717, 1.165) is 0 Å². The second-order valence-electron chi connectivity index (χ2n) is 3.36. The number of ether oxygens (including phenoxy) is 1. The molecule has 0 atom stereocenters. The molecule has 0 aliphatic rings. The van der Waals surface area contributed by atoms with E-state index in [2.05, 4.69) is 0 Å². The zero-order valence-corrected chi connectivity index (χ0v) is 7.68. The molecular formula is C9H16O2. The highest BCUT2D eigenvalue weighted by molar-refractivity contribution is 5.71. The Morgan fingerprint density at radius 3 is 2.36 bits per heavy atom. The molecule has 0 unspecified atom stereocenters. The molecule has 11 heavy (non-hydrogen) atoms. The monoisotopic (exact) mass is 156 g/mol. The largest absolute Gasteiger partial charge is 0.460 e. The summed E-state index contributed by atoms with van der Waals surface area (Å²) in [7, 11) is 0. The number of esters is 1. The molecule has 0 rings (SSSR count). The van der Waals surface area contributed by atoms with Gasteiger partial charge in [-0.2, -0.15) is 0 Å². The van der Waals surface area contributed by atoms with E-state index in [1.165, 1.54) is 0 Å². The first-order chi connectivity index (χ1) is 4.95. The average molecular weight is 156 g/mol. The molecule has 0 aliphatic heterocycles. The van der Waals surface area contributed by atoms with E-state index in [4.69, 9.17) is 4.74 Å². The molecule has 2 nitrogen and oxygen atoms in total.